The van der Waals surface area contributed by atoms with Crippen molar-refractivity contribution >= 4 is 0 Å². The summed E-state index contributed by atoms with van der Waals surface area (Å²) in [5.41, 5.74) is 0. The van der Waals surface area contributed by atoms with Crippen molar-refractivity contribution in [3.63, 3.8) is 0 Å². The third kappa shape index (κ3) is 7.77. The highest BCUT2D eigenvalue weighted by Gasteiger charge is 2.18. The quantitative estimate of drug-likeness (QED) is 0.667. The molecule has 0 rings (SSSR count). The second-order valence-electron chi connectivity index (χ2n) is 6.26. The molecule has 0 bridgehead atoms. The summed E-state index contributed by atoms with van der Waals surface area (Å²) < 4.78 is 0. The molecule has 0 aromatic heterocycles. The zero-order chi connectivity index (χ0) is 13.4. The lowest BCUT2D eigenvalue weighted by molar-refractivity contribution is 0.156. The van der Waals surface area contributed by atoms with E-state index in [0.717, 1.165) is 24.9 Å². The molecule has 0 saturated heterocycles. The van der Waals surface area contributed by atoms with E-state index in [1.165, 1.54) is 12.8 Å². The molecule has 2 atom stereocenters. The normalized spacial score (nSPS) is 15.9. The Kier molecular flexibility index (Phi) is 8.89. The topological polar surface area (TPSA) is 15.3 Å². The van der Waals surface area contributed by atoms with Crippen molar-refractivity contribution < 1.29 is 0 Å². The maximum Gasteiger partial charge on any atom is 0.0217 e. The lowest BCUT2D eigenvalue weighted by Gasteiger charge is -2.34. The first-order valence-corrected chi connectivity index (χ1v) is 7.31. The van der Waals surface area contributed by atoms with Crippen LogP contribution in [0.4, 0.5) is 0 Å². The van der Waals surface area contributed by atoms with Crippen LogP contribution in [0.1, 0.15) is 54.4 Å². The molecule has 104 valence electrons. The minimum atomic E-state index is 0.669. The van der Waals surface area contributed by atoms with Crippen LogP contribution in [0, 0.1) is 11.8 Å². The van der Waals surface area contributed by atoms with E-state index in [4.69, 9.17) is 0 Å². The minimum absolute atomic E-state index is 0.669. The Morgan fingerprint density at radius 2 is 1.53 bits per heavy atom. The Hall–Kier alpha value is -0.0800. The maximum absolute atomic E-state index is 3.58. The Labute approximate surface area is 109 Å². The van der Waals surface area contributed by atoms with Crippen LogP contribution in [0.3, 0.4) is 0 Å². The molecule has 0 spiro atoms. The van der Waals surface area contributed by atoms with Gasteiger partial charge < -0.3 is 5.32 Å². The zero-order valence-electron chi connectivity index (χ0n) is 13.1. The van der Waals surface area contributed by atoms with Crippen molar-refractivity contribution in [1.29, 1.82) is 0 Å². The Balaban J connectivity index is 4.05. The van der Waals surface area contributed by atoms with Gasteiger partial charge in [0.1, 0.15) is 0 Å². The first-order valence-electron chi connectivity index (χ1n) is 7.31. The van der Waals surface area contributed by atoms with Gasteiger partial charge in [-0.25, -0.2) is 0 Å². The lowest BCUT2D eigenvalue weighted by Crippen LogP contribution is -2.45. The van der Waals surface area contributed by atoms with Crippen LogP contribution in [0.2, 0.25) is 0 Å². The molecule has 0 aromatic carbocycles. The van der Waals surface area contributed by atoms with Crippen LogP contribution in [-0.4, -0.2) is 37.1 Å². The Bertz CT molecular complexity index is 178. The molecule has 0 aromatic rings. The molecular formula is C15H34N2. The zero-order valence-corrected chi connectivity index (χ0v) is 13.1. The highest BCUT2D eigenvalue weighted by atomic mass is 15.2. The number of hydrogen-bond acceptors (Lipinski definition) is 2. The van der Waals surface area contributed by atoms with Crippen LogP contribution in [0.15, 0.2) is 0 Å². The number of rotatable bonds is 9. The molecular weight excluding hydrogens is 208 g/mol. The number of nitrogens with one attached hydrogen (secondary N) is 1. The van der Waals surface area contributed by atoms with Gasteiger partial charge in [-0.3, -0.25) is 4.90 Å². The predicted molar refractivity (Wildman–Crippen MR) is 78.5 cm³/mol. The molecule has 0 amide bonds. The Morgan fingerprint density at radius 3 is 1.94 bits per heavy atom. The smallest absolute Gasteiger partial charge is 0.0217 e. The van der Waals surface area contributed by atoms with E-state index in [1.807, 2.05) is 0 Å². The predicted octanol–water partition coefficient (Wildman–Crippen LogP) is 3.38. The van der Waals surface area contributed by atoms with Crippen molar-refractivity contribution in [2.75, 3.05) is 20.1 Å². The molecule has 17 heavy (non-hydrogen) atoms. The van der Waals surface area contributed by atoms with Crippen molar-refractivity contribution in [2.45, 2.75) is 66.5 Å². The summed E-state index contributed by atoms with van der Waals surface area (Å²) in [5, 5.41) is 3.58. The summed E-state index contributed by atoms with van der Waals surface area (Å²) in [4.78, 5) is 2.55. The third-order valence-corrected chi connectivity index (χ3v) is 3.49. The van der Waals surface area contributed by atoms with E-state index in [1.54, 1.807) is 0 Å². The van der Waals surface area contributed by atoms with Gasteiger partial charge in [0, 0.05) is 18.6 Å². The van der Waals surface area contributed by atoms with Gasteiger partial charge in [0.05, 0.1) is 0 Å². The second kappa shape index (κ2) is 8.93. The van der Waals surface area contributed by atoms with Crippen LogP contribution >= 0.6 is 0 Å². The molecule has 2 nitrogen and oxygen atoms in total. The molecule has 0 aliphatic carbocycles. The molecule has 0 fully saturated rings. The molecule has 2 heteroatoms. The monoisotopic (exact) mass is 242 g/mol. The van der Waals surface area contributed by atoms with Gasteiger partial charge in [0.25, 0.3) is 0 Å². The number of likely N-dealkylation sites (N-methyl/N-ethyl adjacent to an activating group) is 1. The first-order chi connectivity index (χ1) is 7.88. The largest absolute Gasteiger partial charge is 0.315 e. The van der Waals surface area contributed by atoms with Crippen LogP contribution in [-0.2, 0) is 0 Å². The van der Waals surface area contributed by atoms with E-state index >= 15 is 0 Å². The van der Waals surface area contributed by atoms with Gasteiger partial charge in [-0.1, -0.05) is 34.6 Å². The third-order valence-electron chi connectivity index (χ3n) is 3.49. The van der Waals surface area contributed by atoms with Gasteiger partial charge in [0.2, 0.25) is 0 Å². The SMILES string of the molecule is CCC(CNCC(C)C)N(C)C(C)CC(C)C. The molecule has 2 unspecified atom stereocenters. The highest BCUT2D eigenvalue weighted by Crippen LogP contribution is 2.13. The van der Waals surface area contributed by atoms with Gasteiger partial charge in [-0.05, 0) is 45.2 Å². The second-order valence-corrected chi connectivity index (χ2v) is 6.26. The van der Waals surface area contributed by atoms with Gasteiger partial charge in [-0.15, -0.1) is 0 Å². The van der Waals surface area contributed by atoms with Gasteiger partial charge >= 0.3 is 0 Å². The van der Waals surface area contributed by atoms with E-state index < -0.39 is 0 Å². The Morgan fingerprint density at radius 1 is 0.941 bits per heavy atom. The minimum Gasteiger partial charge on any atom is -0.315 e. The standard InChI is InChI=1S/C15H34N2/c1-8-15(11-16-10-13(4)5)17(7)14(6)9-12(2)3/h12-16H,8-11H2,1-7H3. The van der Waals surface area contributed by atoms with Crippen molar-refractivity contribution in [3.8, 4) is 0 Å². The van der Waals surface area contributed by atoms with Crippen molar-refractivity contribution in [3.05, 3.63) is 0 Å². The van der Waals surface area contributed by atoms with Crippen LogP contribution in [0.25, 0.3) is 0 Å². The fourth-order valence-electron chi connectivity index (χ4n) is 2.32. The first kappa shape index (κ1) is 16.9. The van der Waals surface area contributed by atoms with Crippen LogP contribution < -0.4 is 5.32 Å². The van der Waals surface area contributed by atoms with E-state index in [0.29, 0.717) is 12.1 Å². The molecule has 0 aliphatic rings. The fourth-order valence-corrected chi connectivity index (χ4v) is 2.32. The van der Waals surface area contributed by atoms with Gasteiger partial charge in [0.15, 0.2) is 0 Å². The number of hydrogen-bond donors (Lipinski definition) is 1. The molecule has 1 N–H and O–H groups in total. The average Bonchev–Trinajstić information content (AvgIpc) is 2.22. The lowest BCUT2D eigenvalue weighted by atomic mass is 10.0. The summed E-state index contributed by atoms with van der Waals surface area (Å²) in [5.74, 6) is 1.53. The van der Waals surface area contributed by atoms with E-state index in [9.17, 15) is 0 Å². The summed E-state index contributed by atoms with van der Waals surface area (Å²) in [6.45, 7) is 16.0. The van der Waals surface area contributed by atoms with E-state index in [-0.39, 0.29) is 0 Å². The summed E-state index contributed by atoms with van der Waals surface area (Å²) in [7, 11) is 2.28. The summed E-state index contributed by atoms with van der Waals surface area (Å²) in [6.07, 6.45) is 2.52. The molecule has 0 radical (unpaired) electrons. The maximum atomic E-state index is 3.58. The molecule has 0 heterocycles. The molecule has 0 aliphatic heterocycles. The van der Waals surface area contributed by atoms with Gasteiger partial charge in [-0.2, -0.15) is 0 Å². The summed E-state index contributed by atoms with van der Waals surface area (Å²) in [6, 6.07) is 1.35. The van der Waals surface area contributed by atoms with Crippen molar-refractivity contribution in [2.24, 2.45) is 11.8 Å². The average molecular weight is 242 g/mol. The highest BCUT2D eigenvalue weighted by molar-refractivity contribution is 4.75. The number of nitrogens with zero attached hydrogens (tertiary/aromatic N) is 1. The summed E-state index contributed by atoms with van der Waals surface area (Å²) >= 11 is 0. The van der Waals surface area contributed by atoms with E-state index in [2.05, 4.69) is 58.8 Å². The molecule has 0 saturated carbocycles. The van der Waals surface area contributed by atoms with Crippen molar-refractivity contribution in [1.82, 2.24) is 10.2 Å². The fraction of sp³-hybridized carbons (Fsp3) is 1.00. The van der Waals surface area contributed by atoms with Crippen LogP contribution in [0.5, 0.6) is 0 Å².